The van der Waals surface area contributed by atoms with E-state index in [9.17, 15) is 4.79 Å². The molecule has 0 saturated carbocycles. The normalized spacial score (nSPS) is 10.6. The highest BCUT2D eigenvalue weighted by Crippen LogP contribution is 2.24. The van der Waals surface area contributed by atoms with Gasteiger partial charge in [0.05, 0.1) is 13.2 Å². The zero-order chi connectivity index (χ0) is 18.5. The van der Waals surface area contributed by atoms with Crippen LogP contribution in [0, 0.1) is 0 Å². The molecule has 2 aromatic carbocycles. The summed E-state index contributed by atoms with van der Waals surface area (Å²) in [4.78, 5) is 12.3. The summed E-state index contributed by atoms with van der Waals surface area (Å²) < 4.78 is 16.1. The molecule has 6 heteroatoms. The number of benzene rings is 2. The van der Waals surface area contributed by atoms with Crippen LogP contribution >= 0.6 is 0 Å². The molecule has 6 nitrogen and oxygen atoms in total. The van der Waals surface area contributed by atoms with Crippen molar-refractivity contribution in [2.75, 3.05) is 12.4 Å². The molecule has 1 amide bonds. The van der Waals surface area contributed by atoms with Crippen LogP contribution in [0.2, 0.25) is 0 Å². The fourth-order valence-corrected chi connectivity index (χ4v) is 2.38. The topological polar surface area (TPSA) is 73.6 Å². The lowest BCUT2D eigenvalue weighted by atomic mass is 10.1. The first-order valence-electron chi connectivity index (χ1n) is 8.24. The summed E-state index contributed by atoms with van der Waals surface area (Å²) >= 11 is 0. The molecule has 134 valence electrons. The van der Waals surface area contributed by atoms with Crippen molar-refractivity contribution < 1.29 is 18.8 Å². The van der Waals surface area contributed by atoms with Gasteiger partial charge in [-0.05, 0) is 50.2 Å². The zero-order valence-corrected chi connectivity index (χ0v) is 14.9. The molecule has 0 atom stereocenters. The number of hydrogen-bond donors (Lipinski definition) is 1. The number of carbonyl (C=O) groups excluding carboxylic acids is 1. The van der Waals surface area contributed by atoms with Crippen LogP contribution in [0.1, 0.15) is 24.3 Å². The second-order valence-electron chi connectivity index (χ2n) is 5.95. The Labute approximate surface area is 151 Å². The summed E-state index contributed by atoms with van der Waals surface area (Å²) in [5.41, 5.74) is 1.63. The van der Waals surface area contributed by atoms with Crippen LogP contribution in [0.15, 0.2) is 59.1 Å². The molecule has 0 saturated heterocycles. The molecular formula is C20H20N2O4. The summed E-state index contributed by atoms with van der Waals surface area (Å²) in [6.45, 7) is 3.94. The maximum atomic E-state index is 12.3. The number of nitrogens with one attached hydrogen (secondary N) is 1. The van der Waals surface area contributed by atoms with Gasteiger partial charge < -0.3 is 19.3 Å². The third kappa shape index (κ3) is 4.22. The summed E-state index contributed by atoms with van der Waals surface area (Å²) in [6, 6.07) is 16.1. The van der Waals surface area contributed by atoms with Gasteiger partial charge in [0.2, 0.25) is 0 Å². The number of anilines is 1. The number of carbonyl (C=O) groups is 1. The second kappa shape index (κ2) is 7.74. The molecule has 0 fully saturated rings. The Morgan fingerprint density at radius 2 is 1.85 bits per heavy atom. The number of aromatic nitrogens is 1. The van der Waals surface area contributed by atoms with Crippen molar-refractivity contribution in [2.24, 2.45) is 0 Å². The summed E-state index contributed by atoms with van der Waals surface area (Å²) in [7, 11) is 1.57. The van der Waals surface area contributed by atoms with Crippen molar-refractivity contribution >= 4 is 11.6 Å². The van der Waals surface area contributed by atoms with Crippen molar-refractivity contribution in [1.29, 1.82) is 0 Å². The highest BCUT2D eigenvalue weighted by molar-refractivity contribution is 6.03. The molecule has 0 bridgehead atoms. The van der Waals surface area contributed by atoms with Crippen LogP contribution in [0.4, 0.5) is 5.69 Å². The van der Waals surface area contributed by atoms with Crippen LogP contribution in [-0.2, 0) is 0 Å². The summed E-state index contributed by atoms with van der Waals surface area (Å²) in [5, 5.41) is 6.62. The lowest BCUT2D eigenvalue weighted by molar-refractivity contribution is 0.101. The Kier molecular flexibility index (Phi) is 5.22. The van der Waals surface area contributed by atoms with Gasteiger partial charge in [-0.15, -0.1) is 0 Å². The number of hydrogen-bond acceptors (Lipinski definition) is 5. The zero-order valence-electron chi connectivity index (χ0n) is 14.9. The van der Waals surface area contributed by atoms with E-state index < -0.39 is 0 Å². The van der Waals surface area contributed by atoms with Crippen LogP contribution in [0.3, 0.4) is 0 Å². The van der Waals surface area contributed by atoms with Gasteiger partial charge in [0, 0.05) is 23.4 Å². The first-order chi connectivity index (χ1) is 12.5. The predicted octanol–water partition coefficient (Wildman–Crippen LogP) is 4.39. The fraction of sp³-hybridized carbons (Fsp3) is 0.200. The number of amides is 1. The molecule has 0 unspecified atom stereocenters. The van der Waals surface area contributed by atoms with E-state index in [4.69, 9.17) is 14.0 Å². The highest BCUT2D eigenvalue weighted by Gasteiger charge is 2.14. The Morgan fingerprint density at radius 3 is 2.54 bits per heavy atom. The van der Waals surface area contributed by atoms with Crippen molar-refractivity contribution in [2.45, 2.75) is 20.0 Å². The Balaban J connectivity index is 1.71. The third-order valence-corrected chi connectivity index (χ3v) is 3.58. The first-order valence-corrected chi connectivity index (χ1v) is 8.24. The smallest absolute Gasteiger partial charge is 0.277 e. The fourth-order valence-electron chi connectivity index (χ4n) is 2.38. The SMILES string of the molecule is COc1cccc(NC(=O)c2cc(-c3ccc(OC(C)C)cc3)on2)c1. The van der Waals surface area contributed by atoms with Crippen LogP contribution < -0.4 is 14.8 Å². The third-order valence-electron chi connectivity index (χ3n) is 3.58. The molecule has 0 spiro atoms. The van der Waals surface area contributed by atoms with Crippen molar-refractivity contribution in [3.05, 3.63) is 60.3 Å². The minimum Gasteiger partial charge on any atom is -0.497 e. The van der Waals surface area contributed by atoms with Gasteiger partial charge >= 0.3 is 0 Å². The van der Waals surface area contributed by atoms with Crippen LogP contribution in [0.5, 0.6) is 11.5 Å². The average molecular weight is 352 g/mol. The van der Waals surface area contributed by atoms with E-state index in [-0.39, 0.29) is 17.7 Å². The van der Waals surface area contributed by atoms with E-state index in [0.717, 1.165) is 11.3 Å². The Morgan fingerprint density at radius 1 is 1.08 bits per heavy atom. The minimum absolute atomic E-state index is 0.109. The van der Waals surface area contributed by atoms with Crippen molar-refractivity contribution in [1.82, 2.24) is 5.16 Å². The maximum absolute atomic E-state index is 12.3. The van der Waals surface area contributed by atoms with Gasteiger partial charge in [0.1, 0.15) is 11.5 Å². The van der Waals surface area contributed by atoms with E-state index >= 15 is 0 Å². The molecule has 0 aliphatic rings. The first kappa shape index (κ1) is 17.5. The minimum atomic E-state index is -0.354. The molecule has 1 N–H and O–H groups in total. The van der Waals surface area contributed by atoms with E-state index in [2.05, 4.69) is 10.5 Å². The van der Waals surface area contributed by atoms with Gasteiger partial charge in [-0.2, -0.15) is 0 Å². The maximum Gasteiger partial charge on any atom is 0.277 e. The Bertz CT molecular complexity index is 885. The standard InChI is InChI=1S/C20H20N2O4/c1-13(2)25-16-9-7-14(8-10-16)19-12-18(22-26-19)20(23)21-15-5-4-6-17(11-15)24-3/h4-13H,1-3H3,(H,21,23). The van der Waals surface area contributed by atoms with Gasteiger partial charge in [0.25, 0.3) is 5.91 Å². The molecule has 0 aliphatic carbocycles. The van der Waals surface area contributed by atoms with E-state index in [1.54, 1.807) is 37.4 Å². The molecule has 0 radical (unpaired) electrons. The van der Waals surface area contributed by atoms with Crippen molar-refractivity contribution in [3.8, 4) is 22.8 Å². The van der Waals surface area contributed by atoms with E-state index in [1.807, 2.05) is 38.1 Å². The van der Waals surface area contributed by atoms with Crippen molar-refractivity contribution in [3.63, 3.8) is 0 Å². The van der Waals surface area contributed by atoms with E-state index in [1.165, 1.54) is 0 Å². The van der Waals surface area contributed by atoms with Gasteiger partial charge in [-0.1, -0.05) is 11.2 Å². The summed E-state index contributed by atoms with van der Waals surface area (Å²) in [5.74, 6) is 1.59. The van der Waals surface area contributed by atoms with Gasteiger partial charge in [-0.25, -0.2) is 0 Å². The largest absolute Gasteiger partial charge is 0.497 e. The number of ether oxygens (including phenoxy) is 2. The van der Waals surface area contributed by atoms with E-state index in [0.29, 0.717) is 17.2 Å². The molecule has 1 aromatic heterocycles. The van der Waals surface area contributed by atoms with Gasteiger partial charge in [-0.3, -0.25) is 4.79 Å². The molecule has 26 heavy (non-hydrogen) atoms. The molecule has 3 rings (SSSR count). The Hall–Kier alpha value is -3.28. The molecule has 3 aromatic rings. The van der Waals surface area contributed by atoms with Crippen LogP contribution in [-0.4, -0.2) is 24.3 Å². The predicted molar refractivity (Wildman–Crippen MR) is 98.7 cm³/mol. The number of rotatable bonds is 6. The van der Waals surface area contributed by atoms with Crippen LogP contribution in [0.25, 0.3) is 11.3 Å². The monoisotopic (exact) mass is 352 g/mol. The van der Waals surface area contributed by atoms with Gasteiger partial charge in [0.15, 0.2) is 11.5 Å². The highest BCUT2D eigenvalue weighted by atomic mass is 16.5. The molecule has 1 heterocycles. The quantitative estimate of drug-likeness (QED) is 0.712. The second-order valence-corrected chi connectivity index (χ2v) is 5.95. The lowest BCUT2D eigenvalue weighted by Gasteiger charge is -2.09. The average Bonchev–Trinajstić information content (AvgIpc) is 3.12. The molecular weight excluding hydrogens is 332 g/mol. The lowest BCUT2D eigenvalue weighted by Crippen LogP contribution is -2.12. The summed E-state index contributed by atoms with van der Waals surface area (Å²) in [6.07, 6.45) is 0.109. The number of nitrogens with zero attached hydrogens (tertiary/aromatic N) is 1. The number of methoxy groups -OCH3 is 1. The molecule has 0 aliphatic heterocycles.